The van der Waals surface area contributed by atoms with E-state index in [-0.39, 0.29) is 11.9 Å². The maximum absolute atomic E-state index is 5.57. The Labute approximate surface area is 114 Å². The maximum Gasteiger partial charge on any atom is 0.256 e. The number of hydrogen-bond acceptors (Lipinski definition) is 4. The van der Waals surface area contributed by atoms with Crippen molar-refractivity contribution in [1.82, 2.24) is 4.98 Å². The molecule has 0 spiro atoms. The van der Waals surface area contributed by atoms with Gasteiger partial charge >= 0.3 is 0 Å². The molecular weight excluding hydrogens is 264 g/mol. The zero-order chi connectivity index (χ0) is 13.8. The van der Waals surface area contributed by atoms with Gasteiger partial charge in [0.1, 0.15) is 5.52 Å². The Morgan fingerprint density at radius 1 is 1.37 bits per heavy atom. The lowest BCUT2D eigenvalue weighted by atomic mass is 10.3. The minimum atomic E-state index is -0.136. The first kappa shape index (κ1) is 13.2. The molecule has 8 heteroatoms. The number of hydrogen-bond donors (Lipinski definition) is 3. The van der Waals surface area contributed by atoms with Gasteiger partial charge in [-0.1, -0.05) is 18.7 Å². The van der Waals surface area contributed by atoms with Crippen molar-refractivity contribution in [2.75, 3.05) is 5.75 Å². The van der Waals surface area contributed by atoms with Crippen molar-refractivity contribution in [3.05, 3.63) is 18.2 Å². The lowest BCUT2D eigenvalue weighted by Crippen LogP contribution is -2.26. The molecule has 7 nitrogen and oxygen atoms in total. The summed E-state index contributed by atoms with van der Waals surface area (Å²) in [5, 5.41) is 0.635. The highest BCUT2D eigenvalue weighted by Crippen LogP contribution is 2.26. The molecule has 0 unspecified atom stereocenters. The molecule has 2 aromatic rings. The van der Waals surface area contributed by atoms with E-state index in [1.807, 2.05) is 6.92 Å². The third kappa shape index (κ3) is 3.38. The average molecular weight is 278 g/mol. The monoisotopic (exact) mass is 278 g/mol. The van der Waals surface area contributed by atoms with E-state index in [1.54, 1.807) is 18.2 Å². The summed E-state index contributed by atoms with van der Waals surface area (Å²) in [5.41, 5.74) is 18.0. The smallest absolute Gasteiger partial charge is 0.256 e. The summed E-state index contributed by atoms with van der Waals surface area (Å²) in [5.74, 6) is 0.751. The van der Waals surface area contributed by atoms with Crippen LogP contribution in [0.2, 0.25) is 0 Å². The SMILES string of the molecule is CCSc1nc2ccc(N=C(N)N=C(N)N)cc2o1. The van der Waals surface area contributed by atoms with Crippen molar-refractivity contribution >= 4 is 40.5 Å². The number of fused-ring (bicyclic) bond motifs is 1. The molecule has 0 bridgehead atoms. The number of oxazole rings is 1. The van der Waals surface area contributed by atoms with E-state index < -0.39 is 0 Å². The van der Waals surface area contributed by atoms with Crippen LogP contribution in [0.3, 0.4) is 0 Å². The molecule has 1 aromatic carbocycles. The molecule has 1 aromatic heterocycles. The lowest BCUT2D eigenvalue weighted by Gasteiger charge is -1.95. The molecule has 0 atom stereocenters. The molecular formula is C11H14N6OS. The Bertz CT molecular complexity index is 644. The molecule has 1 heterocycles. The van der Waals surface area contributed by atoms with Crippen LogP contribution in [-0.2, 0) is 0 Å². The number of rotatable bonds is 3. The second-order valence-electron chi connectivity index (χ2n) is 3.57. The second-order valence-corrected chi connectivity index (χ2v) is 4.79. The predicted molar refractivity (Wildman–Crippen MR) is 77.5 cm³/mol. The summed E-state index contributed by atoms with van der Waals surface area (Å²) in [6, 6.07) is 5.30. The lowest BCUT2D eigenvalue weighted by molar-refractivity contribution is 0.490. The van der Waals surface area contributed by atoms with Gasteiger partial charge in [0.25, 0.3) is 5.22 Å². The summed E-state index contributed by atoms with van der Waals surface area (Å²) in [7, 11) is 0. The molecule has 0 radical (unpaired) electrons. The van der Waals surface area contributed by atoms with Gasteiger partial charge in [0.15, 0.2) is 11.5 Å². The van der Waals surface area contributed by atoms with Crippen molar-refractivity contribution in [3.8, 4) is 0 Å². The second kappa shape index (κ2) is 5.61. The Morgan fingerprint density at radius 3 is 2.84 bits per heavy atom. The van der Waals surface area contributed by atoms with Crippen LogP contribution < -0.4 is 17.2 Å². The van der Waals surface area contributed by atoms with Gasteiger partial charge in [-0.15, -0.1) is 0 Å². The van der Waals surface area contributed by atoms with Crippen molar-refractivity contribution in [1.29, 1.82) is 0 Å². The number of guanidine groups is 2. The van der Waals surface area contributed by atoms with Crippen LogP contribution in [0, 0.1) is 0 Å². The number of aliphatic imine (C=N–C) groups is 2. The summed E-state index contributed by atoms with van der Waals surface area (Å²) in [6.07, 6.45) is 0. The number of nitrogens with two attached hydrogens (primary N) is 3. The Hall–Kier alpha value is -2.22. The van der Waals surface area contributed by atoms with Gasteiger partial charge in [-0.2, -0.15) is 4.99 Å². The van der Waals surface area contributed by atoms with Crippen LogP contribution >= 0.6 is 11.8 Å². The van der Waals surface area contributed by atoms with Gasteiger partial charge in [0, 0.05) is 6.07 Å². The Balaban J connectivity index is 2.33. The van der Waals surface area contributed by atoms with E-state index in [9.17, 15) is 0 Å². The largest absolute Gasteiger partial charge is 0.431 e. The van der Waals surface area contributed by atoms with E-state index in [1.165, 1.54) is 11.8 Å². The average Bonchev–Trinajstić information content (AvgIpc) is 2.69. The Kier molecular flexibility index (Phi) is 3.91. The van der Waals surface area contributed by atoms with Crippen LogP contribution in [0.4, 0.5) is 5.69 Å². The fourth-order valence-electron chi connectivity index (χ4n) is 1.44. The van der Waals surface area contributed by atoms with Gasteiger partial charge in [-0.3, -0.25) is 0 Å². The van der Waals surface area contributed by atoms with E-state index in [0.717, 1.165) is 11.3 Å². The fraction of sp³-hybridized carbons (Fsp3) is 0.182. The van der Waals surface area contributed by atoms with Crippen LogP contribution in [0.25, 0.3) is 11.1 Å². The summed E-state index contributed by atoms with van der Waals surface area (Å²) in [4.78, 5) is 12.0. The normalized spacial score (nSPS) is 11.7. The van der Waals surface area contributed by atoms with E-state index in [4.69, 9.17) is 21.6 Å². The summed E-state index contributed by atoms with van der Waals surface area (Å²) < 4.78 is 5.57. The first-order valence-electron chi connectivity index (χ1n) is 5.55. The van der Waals surface area contributed by atoms with Gasteiger partial charge < -0.3 is 21.6 Å². The minimum Gasteiger partial charge on any atom is -0.431 e. The van der Waals surface area contributed by atoms with Gasteiger partial charge in [0.05, 0.1) is 5.69 Å². The van der Waals surface area contributed by atoms with Crippen LogP contribution in [0.15, 0.2) is 37.8 Å². The number of nitrogens with zero attached hydrogens (tertiary/aromatic N) is 3. The molecule has 0 aliphatic rings. The molecule has 0 saturated heterocycles. The van der Waals surface area contributed by atoms with E-state index in [0.29, 0.717) is 16.5 Å². The molecule has 0 aliphatic heterocycles. The molecule has 0 amide bonds. The Morgan fingerprint density at radius 2 is 2.16 bits per heavy atom. The van der Waals surface area contributed by atoms with Crippen LogP contribution in [0.1, 0.15) is 6.92 Å². The highest BCUT2D eigenvalue weighted by Gasteiger charge is 2.06. The van der Waals surface area contributed by atoms with Crippen molar-refractivity contribution in [2.45, 2.75) is 12.1 Å². The van der Waals surface area contributed by atoms with Gasteiger partial charge in [0.2, 0.25) is 5.96 Å². The molecule has 6 N–H and O–H groups in total. The fourth-order valence-corrected chi connectivity index (χ4v) is 2.00. The molecule has 100 valence electrons. The number of thioether (sulfide) groups is 1. The van der Waals surface area contributed by atoms with Crippen LogP contribution in [-0.4, -0.2) is 22.7 Å². The van der Waals surface area contributed by atoms with E-state index in [2.05, 4.69) is 15.0 Å². The highest BCUT2D eigenvalue weighted by molar-refractivity contribution is 7.99. The standard InChI is InChI=1S/C11H14N6OS/c1-2-19-11-16-7-4-3-6(5-8(7)18-11)15-10(14)17-9(12)13/h3-5H,2H2,1H3,(H6,12,13,14,15,17). The van der Waals surface area contributed by atoms with E-state index >= 15 is 0 Å². The zero-order valence-electron chi connectivity index (χ0n) is 10.3. The third-order valence-electron chi connectivity index (χ3n) is 2.11. The van der Waals surface area contributed by atoms with Gasteiger partial charge in [-0.25, -0.2) is 9.98 Å². The molecule has 2 rings (SSSR count). The third-order valence-corrected chi connectivity index (χ3v) is 2.82. The molecule has 0 saturated carbocycles. The summed E-state index contributed by atoms with van der Waals surface area (Å²) >= 11 is 1.54. The first-order valence-corrected chi connectivity index (χ1v) is 6.54. The first-order chi connectivity index (χ1) is 9.08. The van der Waals surface area contributed by atoms with Crippen molar-refractivity contribution in [3.63, 3.8) is 0 Å². The van der Waals surface area contributed by atoms with Gasteiger partial charge in [-0.05, 0) is 17.9 Å². The summed E-state index contributed by atoms with van der Waals surface area (Å²) in [6.45, 7) is 2.03. The zero-order valence-corrected chi connectivity index (χ0v) is 11.1. The van der Waals surface area contributed by atoms with Crippen molar-refractivity contribution in [2.24, 2.45) is 27.2 Å². The number of benzene rings is 1. The molecule has 19 heavy (non-hydrogen) atoms. The molecule has 0 fully saturated rings. The molecule has 0 aliphatic carbocycles. The quantitative estimate of drug-likeness (QED) is 0.439. The van der Waals surface area contributed by atoms with Crippen LogP contribution in [0.5, 0.6) is 0 Å². The number of aromatic nitrogens is 1. The predicted octanol–water partition coefficient (Wildman–Crippen LogP) is 1.16. The minimum absolute atomic E-state index is 0.0120. The maximum atomic E-state index is 5.57. The highest BCUT2D eigenvalue weighted by atomic mass is 32.2. The topological polar surface area (TPSA) is 129 Å². The van der Waals surface area contributed by atoms with Crippen molar-refractivity contribution < 1.29 is 4.42 Å².